The first-order valence-corrected chi connectivity index (χ1v) is 6.68. The van der Waals surface area contributed by atoms with E-state index in [2.05, 4.69) is 5.32 Å². The van der Waals surface area contributed by atoms with Crippen molar-refractivity contribution in [1.29, 1.82) is 0 Å². The minimum absolute atomic E-state index is 0.0341. The molecule has 114 valence electrons. The lowest BCUT2D eigenvalue weighted by atomic mass is 10.1. The van der Waals surface area contributed by atoms with Gasteiger partial charge in [-0.1, -0.05) is 30.3 Å². The topological polar surface area (TPSA) is 92.7 Å². The van der Waals surface area contributed by atoms with Crippen LogP contribution in [0.2, 0.25) is 0 Å². The Balaban J connectivity index is 2.55. The first-order valence-electron chi connectivity index (χ1n) is 6.68. The Hall–Kier alpha value is -2.37. The summed E-state index contributed by atoms with van der Waals surface area (Å²) in [6, 6.07) is 7.96. The smallest absolute Gasteiger partial charge is 0.333 e. The second-order valence-corrected chi connectivity index (χ2v) is 4.54. The van der Waals surface area contributed by atoms with Gasteiger partial charge < -0.3 is 15.2 Å². The predicted molar refractivity (Wildman–Crippen MR) is 75.4 cm³/mol. The van der Waals surface area contributed by atoms with Crippen LogP contribution in [0.15, 0.2) is 30.3 Å². The first-order chi connectivity index (χ1) is 10.0. The summed E-state index contributed by atoms with van der Waals surface area (Å²) in [4.78, 5) is 34.0. The van der Waals surface area contributed by atoms with Crippen LogP contribution in [-0.4, -0.2) is 30.1 Å². The molecule has 0 aliphatic heterocycles. The Morgan fingerprint density at radius 2 is 1.76 bits per heavy atom. The van der Waals surface area contributed by atoms with Gasteiger partial charge in [0.2, 0.25) is 5.91 Å². The number of amides is 1. The summed E-state index contributed by atoms with van der Waals surface area (Å²) in [6.07, 6.45) is 1.10. The number of methoxy groups -OCH3 is 1. The summed E-state index contributed by atoms with van der Waals surface area (Å²) < 4.78 is 4.69. The highest BCUT2D eigenvalue weighted by Crippen LogP contribution is 2.14. The molecule has 0 heterocycles. The quantitative estimate of drug-likeness (QED) is 0.561. The molecule has 6 nitrogen and oxygen atoms in total. The van der Waals surface area contributed by atoms with E-state index < -0.39 is 18.0 Å². The number of carboxylic acid groups (broad SMARTS) is 1. The largest absolute Gasteiger partial charge is 0.481 e. The number of rotatable bonds is 8. The van der Waals surface area contributed by atoms with Gasteiger partial charge in [0.1, 0.15) is 0 Å². The van der Waals surface area contributed by atoms with Crippen LogP contribution in [-0.2, 0) is 19.1 Å². The number of nitrogens with one attached hydrogen (secondary N) is 1. The molecule has 0 fully saturated rings. The molecule has 0 saturated heterocycles. The Morgan fingerprint density at radius 1 is 1.14 bits per heavy atom. The van der Waals surface area contributed by atoms with Crippen LogP contribution >= 0.6 is 0 Å². The first kappa shape index (κ1) is 16.7. The van der Waals surface area contributed by atoms with Gasteiger partial charge in [-0.25, -0.2) is 4.79 Å². The maximum atomic E-state index is 11.8. The summed E-state index contributed by atoms with van der Waals surface area (Å²) in [6.45, 7) is 0. The maximum Gasteiger partial charge on any atom is 0.333 e. The Labute approximate surface area is 123 Å². The van der Waals surface area contributed by atoms with E-state index in [1.165, 1.54) is 7.11 Å². The number of unbranched alkanes of at least 4 members (excludes halogenated alkanes) is 1. The number of aliphatic carboxylic acids is 1. The van der Waals surface area contributed by atoms with Crippen molar-refractivity contribution in [2.24, 2.45) is 0 Å². The molecule has 1 rings (SSSR count). The fraction of sp³-hybridized carbons (Fsp3) is 0.400. The number of carbonyl (C=O) groups is 3. The number of hydrogen-bond acceptors (Lipinski definition) is 4. The third-order valence-electron chi connectivity index (χ3n) is 2.92. The van der Waals surface area contributed by atoms with Crippen molar-refractivity contribution < 1.29 is 24.2 Å². The van der Waals surface area contributed by atoms with Crippen molar-refractivity contribution in [1.82, 2.24) is 5.32 Å². The number of esters is 1. The van der Waals surface area contributed by atoms with E-state index >= 15 is 0 Å². The Morgan fingerprint density at radius 3 is 2.33 bits per heavy atom. The molecule has 1 aromatic carbocycles. The highest BCUT2D eigenvalue weighted by molar-refractivity contribution is 5.85. The van der Waals surface area contributed by atoms with Gasteiger partial charge >= 0.3 is 11.9 Å². The Kier molecular flexibility index (Phi) is 6.94. The molecule has 1 aromatic rings. The molecule has 6 heteroatoms. The fourth-order valence-corrected chi connectivity index (χ4v) is 1.84. The van der Waals surface area contributed by atoms with Crippen molar-refractivity contribution in [3.05, 3.63) is 35.9 Å². The molecule has 0 aliphatic rings. The summed E-state index contributed by atoms with van der Waals surface area (Å²) in [7, 11) is 1.26. The standard InChI is InChI=1S/C15H19NO5/c1-21-15(20)14(11-7-3-2-4-8-11)16-12(17)9-5-6-10-13(18)19/h2-4,7-8,14H,5-6,9-10H2,1H3,(H,16,17)(H,18,19). The predicted octanol–water partition coefficient (Wildman–Crippen LogP) is 1.66. The molecule has 2 N–H and O–H groups in total. The summed E-state index contributed by atoms with van der Waals surface area (Å²) in [5, 5.41) is 11.1. The van der Waals surface area contributed by atoms with Crippen LogP contribution in [0.1, 0.15) is 37.3 Å². The Bertz CT molecular complexity index is 486. The van der Waals surface area contributed by atoms with Gasteiger partial charge in [0.25, 0.3) is 0 Å². The monoisotopic (exact) mass is 293 g/mol. The van der Waals surface area contributed by atoms with Gasteiger partial charge in [-0.3, -0.25) is 9.59 Å². The van der Waals surface area contributed by atoms with Crippen LogP contribution in [0.4, 0.5) is 0 Å². The minimum atomic E-state index is -0.882. The van der Waals surface area contributed by atoms with Gasteiger partial charge in [-0.05, 0) is 18.4 Å². The fourth-order valence-electron chi connectivity index (χ4n) is 1.84. The average Bonchev–Trinajstić information content (AvgIpc) is 2.49. The normalized spacial score (nSPS) is 11.5. The lowest BCUT2D eigenvalue weighted by Crippen LogP contribution is -2.34. The summed E-state index contributed by atoms with van der Waals surface area (Å²) in [5.41, 5.74) is 0.642. The summed E-state index contributed by atoms with van der Waals surface area (Å²) in [5.74, 6) is -1.73. The van der Waals surface area contributed by atoms with Crippen LogP contribution in [0.3, 0.4) is 0 Å². The van der Waals surface area contributed by atoms with Crippen molar-refractivity contribution in [3.8, 4) is 0 Å². The lowest BCUT2D eigenvalue weighted by molar-refractivity contribution is -0.145. The molecule has 21 heavy (non-hydrogen) atoms. The second-order valence-electron chi connectivity index (χ2n) is 4.54. The molecule has 0 spiro atoms. The molecule has 0 bridgehead atoms. The second kappa shape index (κ2) is 8.73. The van der Waals surface area contributed by atoms with E-state index in [1.54, 1.807) is 24.3 Å². The molecule has 0 saturated carbocycles. The lowest BCUT2D eigenvalue weighted by Gasteiger charge is -2.16. The molecular formula is C15H19NO5. The third-order valence-corrected chi connectivity index (χ3v) is 2.92. The minimum Gasteiger partial charge on any atom is -0.481 e. The zero-order valence-corrected chi connectivity index (χ0v) is 11.9. The van der Waals surface area contributed by atoms with Crippen molar-refractivity contribution in [2.45, 2.75) is 31.7 Å². The van der Waals surface area contributed by atoms with E-state index in [4.69, 9.17) is 9.84 Å². The molecule has 1 amide bonds. The van der Waals surface area contributed by atoms with E-state index in [1.807, 2.05) is 6.07 Å². The zero-order chi connectivity index (χ0) is 15.7. The highest BCUT2D eigenvalue weighted by atomic mass is 16.5. The van der Waals surface area contributed by atoms with Crippen LogP contribution in [0, 0.1) is 0 Å². The highest BCUT2D eigenvalue weighted by Gasteiger charge is 2.22. The molecule has 0 radical (unpaired) electrons. The van der Waals surface area contributed by atoms with Gasteiger partial charge in [-0.15, -0.1) is 0 Å². The van der Waals surface area contributed by atoms with E-state index in [0.29, 0.717) is 18.4 Å². The van der Waals surface area contributed by atoms with Crippen LogP contribution in [0.5, 0.6) is 0 Å². The zero-order valence-electron chi connectivity index (χ0n) is 11.9. The van der Waals surface area contributed by atoms with Gasteiger partial charge in [0.15, 0.2) is 6.04 Å². The summed E-state index contributed by atoms with van der Waals surface area (Å²) >= 11 is 0. The maximum absolute atomic E-state index is 11.8. The number of carboxylic acids is 1. The van der Waals surface area contributed by atoms with Crippen molar-refractivity contribution in [3.63, 3.8) is 0 Å². The van der Waals surface area contributed by atoms with Crippen LogP contribution < -0.4 is 5.32 Å². The van der Waals surface area contributed by atoms with Gasteiger partial charge in [-0.2, -0.15) is 0 Å². The van der Waals surface area contributed by atoms with E-state index in [-0.39, 0.29) is 18.7 Å². The number of hydrogen-bond donors (Lipinski definition) is 2. The van der Waals surface area contributed by atoms with Crippen molar-refractivity contribution in [2.75, 3.05) is 7.11 Å². The van der Waals surface area contributed by atoms with Crippen molar-refractivity contribution >= 4 is 17.8 Å². The molecule has 0 aromatic heterocycles. The SMILES string of the molecule is COC(=O)C(NC(=O)CCCCC(=O)O)c1ccccc1. The number of benzene rings is 1. The molecule has 0 aliphatic carbocycles. The van der Waals surface area contributed by atoms with Gasteiger partial charge in [0.05, 0.1) is 7.11 Å². The van der Waals surface area contributed by atoms with E-state index in [0.717, 1.165) is 0 Å². The third kappa shape index (κ3) is 6.07. The van der Waals surface area contributed by atoms with E-state index in [9.17, 15) is 14.4 Å². The number of carbonyl (C=O) groups excluding carboxylic acids is 2. The van der Waals surface area contributed by atoms with Gasteiger partial charge in [0, 0.05) is 12.8 Å². The molecule has 1 unspecified atom stereocenters. The average molecular weight is 293 g/mol. The number of ether oxygens (including phenoxy) is 1. The van der Waals surface area contributed by atoms with Crippen LogP contribution in [0.25, 0.3) is 0 Å². The molecule has 1 atom stereocenters. The molecular weight excluding hydrogens is 274 g/mol.